The summed E-state index contributed by atoms with van der Waals surface area (Å²) in [6.07, 6.45) is 1.97. The van der Waals surface area contributed by atoms with Crippen LogP contribution in [-0.4, -0.2) is 12.2 Å². The normalized spacial score (nSPS) is 9.83. The molecule has 0 aliphatic rings. The number of rotatable bonds is 3. The lowest BCUT2D eigenvalue weighted by atomic mass is 10.1. The summed E-state index contributed by atoms with van der Waals surface area (Å²) in [6, 6.07) is 5.55. The maximum absolute atomic E-state index is 9.51. The van der Waals surface area contributed by atoms with Crippen LogP contribution in [0.2, 0.25) is 0 Å². The van der Waals surface area contributed by atoms with Crippen molar-refractivity contribution >= 4 is 5.69 Å². The molecule has 2 nitrogen and oxygen atoms in total. The van der Waals surface area contributed by atoms with Crippen molar-refractivity contribution in [2.24, 2.45) is 0 Å². The molecular formula is C10H15NO. The zero-order chi connectivity index (χ0) is 8.97. The number of anilines is 1. The summed E-state index contributed by atoms with van der Waals surface area (Å²) in [4.78, 5) is 0. The second-order valence-electron chi connectivity index (χ2n) is 2.80. The maximum Gasteiger partial charge on any atom is 0.120 e. The minimum Gasteiger partial charge on any atom is -0.508 e. The Morgan fingerprint density at radius 1 is 1.42 bits per heavy atom. The molecule has 0 atom stereocenters. The highest BCUT2D eigenvalue weighted by atomic mass is 16.3. The van der Waals surface area contributed by atoms with Crippen LogP contribution in [-0.2, 0) is 6.42 Å². The largest absolute Gasteiger partial charge is 0.508 e. The molecule has 1 aromatic rings. The van der Waals surface area contributed by atoms with Crippen LogP contribution in [0.1, 0.15) is 18.9 Å². The van der Waals surface area contributed by atoms with Gasteiger partial charge in [0.1, 0.15) is 5.75 Å². The summed E-state index contributed by atoms with van der Waals surface area (Å²) < 4.78 is 0. The van der Waals surface area contributed by atoms with Crippen molar-refractivity contribution in [1.82, 2.24) is 0 Å². The smallest absolute Gasteiger partial charge is 0.120 e. The molecule has 66 valence electrons. The van der Waals surface area contributed by atoms with Gasteiger partial charge in [0.2, 0.25) is 0 Å². The molecule has 0 fully saturated rings. The number of benzene rings is 1. The Hall–Kier alpha value is -1.18. The molecule has 0 aliphatic heterocycles. The zero-order valence-corrected chi connectivity index (χ0v) is 7.59. The third kappa shape index (κ3) is 1.70. The summed E-state index contributed by atoms with van der Waals surface area (Å²) in [5.41, 5.74) is 2.04. The third-order valence-electron chi connectivity index (χ3n) is 1.92. The standard InChI is InChI=1S/C10H15NO/c1-3-5-8-9(11-2)6-4-7-10(8)12/h4,6-7,11-12H,3,5H2,1-2H3. The summed E-state index contributed by atoms with van der Waals surface area (Å²) in [5.74, 6) is 0.392. The molecule has 1 aromatic carbocycles. The lowest BCUT2D eigenvalue weighted by Crippen LogP contribution is -1.95. The number of phenolic OH excluding ortho intramolecular Hbond substituents is 1. The highest BCUT2D eigenvalue weighted by molar-refractivity contribution is 5.56. The second-order valence-corrected chi connectivity index (χ2v) is 2.80. The Labute approximate surface area is 73.2 Å². The van der Waals surface area contributed by atoms with Crippen molar-refractivity contribution in [3.05, 3.63) is 23.8 Å². The Morgan fingerprint density at radius 3 is 2.75 bits per heavy atom. The van der Waals surface area contributed by atoms with E-state index in [4.69, 9.17) is 0 Å². The number of nitrogens with one attached hydrogen (secondary N) is 1. The lowest BCUT2D eigenvalue weighted by molar-refractivity contribution is 0.468. The molecule has 2 N–H and O–H groups in total. The monoisotopic (exact) mass is 165 g/mol. The molecule has 0 radical (unpaired) electrons. The molecule has 0 unspecified atom stereocenters. The van der Waals surface area contributed by atoms with Gasteiger partial charge in [0.25, 0.3) is 0 Å². The molecule has 0 saturated heterocycles. The molecule has 0 saturated carbocycles. The topological polar surface area (TPSA) is 32.3 Å². The van der Waals surface area contributed by atoms with Crippen LogP contribution in [0.4, 0.5) is 5.69 Å². The zero-order valence-electron chi connectivity index (χ0n) is 7.59. The van der Waals surface area contributed by atoms with Crippen molar-refractivity contribution < 1.29 is 5.11 Å². The van der Waals surface area contributed by atoms with E-state index < -0.39 is 0 Å². The fraction of sp³-hybridized carbons (Fsp3) is 0.400. The van der Waals surface area contributed by atoms with E-state index >= 15 is 0 Å². The molecule has 0 spiro atoms. The van der Waals surface area contributed by atoms with Crippen LogP contribution in [0.5, 0.6) is 5.75 Å². The lowest BCUT2D eigenvalue weighted by Gasteiger charge is -2.09. The highest BCUT2D eigenvalue weighted by Crippen LogP contribution is 2.25. The molecule has 0 bridgehead atoms. The first kappa shape index (κ1) is 8.91. The average molecular weight is 165 g/mol. The van der Waals surface area contributed by atoms with E-state index in [-0.39, 0.29) is 0 Å². The fourth-order valence-electron chi connectivity index (χ4n) is 1.32. The number of hydrogen-bond donors (Lipinski definition) is 2. The Kier molecular flexibility index (Phi) is 2.97. The summed E-state index contributed by atoms with van der Waals surface area (Å²) >= 11 is 0. The van der Waals surface area contributed by atoms with Crippen LogP contribution in [0.15, 0.2) is 18.2 Å². The molecule has 2 heteroatoms. The van der Waals surface area contributed by atoms with Gasteiger partial charge in [0, 0.05) is 18.3 Å². The Bertz CT molecular complexity index is 258. The number of hydrogen-bond acceptors (Lipinski definition) is 2. The molecule has 12 heavy (non-hydrogen) atoms. The predicted octanol–water partition coefficient (Wildman–Crippen LogP) is 2.39. The molecule has 0 aromatic heterocycles. The van der Waals surface area contributed by atoms with Gasteiger partial charge in [-0.05, 0) is 18.6 Å². The minimum absolute atomic E-state index is 0.392. The van der Waals surface area contributed by atoms with E-state index in [2.05, 4.69) is 12.2 Å². The van der Waals surface area contributed by atoms with Crippen LogP contribution >= 0.6 is 0 Å². The average Bonchev–Trinajstić information content (AvgIpc) is 2.09. The van der Waals surface area contributed by atoms with E-state index in [1.807, 2.05) is 19.2 Å². The minimum atomic E-state index is 0.392. The van der Waals surface area contributed by atoms with E-state index in [1.54, 1.807) is 6.07 Å². The SMILES string of the molecule is CCCc1c(O)cccc1NC. The van der Waals surface area contributed by atoms with Crippen LogP contribution in [0, 0.1) is 0 Å². The van der Waals surface area contributed by atoms with Gasteiger partial charge in [-0.3, -0.25) is 0 Å². The van der Waals surface area contributed by atoms with Gasteiger partial charge in [-0.1, -0.05) is 19.4 Å². The van der Waals surface area contributed by atoms with Crippen molar-refractivity contribution in [2.45, 2.75) is 19.8 Å². The van der Waals surface area contributed by atoms with Crippen LogP contribution in [0.25, 0.3) is 0 Å². The molecule has 1 rings (SSSR count). The molecular weight excluding hydrogens is 150 g/mol. The summed E-state index contributed by atoms with van der Waals surface area (Å²) in [5, 5.41) is 12.6. The van der Waals surface area contributed by atoms with E-state index in [0.717, 1.165) is 24.1 Å². The number of aromatic hydroxyl groups is 1. The van der Waals surface area contributed by atoms with Gasteiger partial charge in [0.05, 0.1) is 0 Å². The van der Waals surface area contributed by atoms with Gasteiger partial charge < -0.3 is 10.4 Å². The Balaban J connectivity index is 3.02. The third-order valence-corrected chi connectivity index (χ3v) is 1.92. The van der Waals surface area contributed by atoms with Gasteiger partial charge in [-0.15, -0.1) is 0 Å². The first-order valence-electron chi connectivity index (χ1n) is 4.28. The Morgan fingerprint density at radius 2 is 2.17 bits per heavy atom. The van der Waals surface area contributed by atoms with Crippen molar-refractivity contribution in [1.29, 1.82) is 0 Å². The van der Waals surface area contributed by atoms with Crippen molar-refractivity contribution in [3.63, 3.8) is 0 Å². The summed E-state index contributed by atoms with van der Waals surface area (Å²) in [6.45, 7) is 2.10. The van der Waals surface area contributed by atoms with Crippen molar-refractivity contribution in [2.75, 3.05) is 12.4 Å². The fourth-order valence-corrected chi connectivity index (χ4v) is 1.32. The molecule has 0 aliphatic carbocycles. The number of phenols is 1. The van der Waals surface area contributed by atoms with E-state index in [9.17, 15) is 5.11 Å². The first-order valence-corrected chi connectivity index (χ1v) is 4.28. The first-order chi connectivity index (χ1) is 5.79. The maximum atomic E-state index is 9.51. The summed E-state index contributed by atoms with van der Waals surface area (Å²) in [7, 11) is 1.87. The van der Waals surface area contributed by atoms with Crippen LogP contribution < -0.4 is 5.32 Å². The predicted molar refractivity (Wildman–Crippen MR) is 51.6 cm³/mol. The highest BCUT2D eigenvalue weighted by Gasteiger charge is 2.03. The second kappa shape index (κ2) is 4.00. The van der Waals surface area contributed by atoms with Gasteiger partial charge in [-0.2, -0.15) is 0 Å². The van der Waals surface area contributed by atoms with E-state index in [1.165, 1.54) is 0 Å². The van der Waals surface area contributed by atoms with E-state index in [0.29, 0.717) is 5.75 Å². The van der Waals surface area contributed by atoms with Crippen molar-refractivity contribution in [3.8, 4) is 5.75 Å². The van der Waals surface area contributed by atoms with Crippen LogP contribution in [0.3, 0.4) is 0 Å². The van der Waals surface area contributed by atoms with Gasteiger partial charge in [0.15, 0.2) is 0 Å². The van der Waals surface area contributed by atoms with Gasteiger partial charge >= 0.3 is 0 Å². The quantitative estimate of drug-likeness (QED) is 0.720. The molecule has 0 amide bonds. The molecule has 0 heterocycles. The van der Waals surface area contributed by atoms with Gasteiger partial charge in [-0.25, -0.2) is 0 Å².